The molecule has 3 amide bonds. The lowest BCUT2D eigenvalue weighted by atomic mass is 9.85. The molecule has 2 aromatic rings. The summed E-state index contributed by atoms with van der Waals surface area (Å²) in [4.78, 5) is 43.5. The molecule has 3 unspecified atom stereocenters. The van der Waals surface area contributed by atoms with E-state index >= 15 is 0 Å². The summed E-state index contributed by atoms with van der Waals surface area (Å²) in [6.45, 7) is 17.2. The Kier molecular flexibility index (Phi) is 10.0. The summed E-state index contributed by atoms with van der Waals surface area (Å²) in [5.74, 6) is -0.678. The van der Waals surface area contributed by atoms with Crippen molar-refractivity contribution in [2.75, 3.05) is 5.32 Å². The lowest BCUT2D eigenvalue weighted by Crippen LogP contribution is -2.58. The summed E-state index contributed by atoms with van der Waals surface area (Å²) in [6, 6.07) is 10.1. The molecule has 0 heterocycles. The van der Waals surface area contributed by atoms with Crippen LogP contribution in [0.4, 0.5) is 10.5 Å². The van der Waals surface area contributed by atoms with Crippen LogP contribution in [-0.4, -0.2) is 40.5 Å². The molecule has 1 aliphatic rings. The van der Waals surface area contributed by atoms with E-state index in [-0.39, 0.29) is 23.8 Å². The number of alkyl carbamates (subject to hydrolysis) is 1. The van der Waals surface area contributed by atoms with E-state index in [2.05, 4.69) is 10.6 Å². The number of aryl methyl sites for hydroxylation is 4. The standard InChI is InChI=1S/C33H47N3O4/c1-10-21(3)28(35-32(39)40-33(7,8)9)31(38)36(25-15-12-16-25)29(26-19-20(2)17-18-22(26)4)30(37)34-27-23(5)13-11-14-24(27)6/h11,13-14,17-19,21,25,28-29H,10,12,15-16H2,1-9H3,(H,34,37)(H,35,39). The Morgan fingerprint density at radius 3 is 2.15 bits per heavy atom. The molecule has 0 aliphatic heterocycles. The largest absolute Gasteiger partial charge is 0.444 e. The van der Waals surface area contributed by atoms with Crippen LogP contribution >= 0.6 is 0 Å². The molecule has 0 bridgehead atoms. The minimum atomic E-state index is -0.858. The number of para-hydroxylation sites is 1. The predicted molar refractivity (Wildman–Crippen MR) is 160 cm³/mol. The predicted octanol–water partition coefficient (Wildman–Crippen LogP) is 6.92. The summed E-state index contributed by atoms with van der Waals surface area (Å²) < 4.78 is 5.53. The van der Waals surface area contributed by atoms with Gasteiger partial charge in [0.25, 0.3) is 5.91 Å². The number of benzene rings is 2. The van der Waals surface area contributed by atoms with E-state index in [9.17, 15) is 14.4 Å². The van der Waals surface area contributed by atoms with Crippen LogP contribution in [0.1, 0.15) is 94.2 Å². The summed E-state index contributed by atoms with van der Waals surface area (Å²) in [6.07, 6.45) is 2.64. The average Bonchev–Trinajstić information content (AvgIpc) is 2.83. The fourth-order valence-electron chi connectivity index (χ4n) is 5.14. The number of nitrogens with one attached hydrogen (secondary N) is 2. The van der Waals surface area contributed by atoms with Gasteiger partial charge in [-0.1, -0.05) is 62.2 Å². The van der Waals surface area contributed by atoms with Gasteiger partial charge in [-0.3, -0.25) is 9.59 Å². The van der Waals surface area contributed by atoms with Crippen LogP contribution in [0.15, 0.2) is 36.4 Å². The summed E-state index contributed by atoms with van der Waals surface area (Å²) >= 11 is 0. The maximum atomic E-state index is 14.6. The number of hydrogen-bond donors (Lipinski definition) is 2. The van der Waals surface area contributed by atoms with Gasteiger partial charge in [-0.15, -0.1) is 0 Å². The third kappa shape index (κ3) is 7.43. The molecule has 1 aliphatic carbocycles. The van der Waals surface area contributed by atoms with Crippen molar-refractivity contribution in [3.63, 3.8) is 0 Å². The molecule has 7 nitrogen and oxygen atoms in total. The van der Waals surface area contributed by atoms with E-state index in [0.29, 0.717) is 6.42 Å². The van der Waals surface area contributed by atoms with Crippen molar-refractivity contribution in [1.82, 2.24) is 10.2 Å². The molecule has 0 spiro atoms. The van der Waals surface area contributed by atoms with Gasteiger partial charge in [0.2, 0.25) is 5.91 Å². The van der Waals surface area contributed by atoms with Gasteiger partial charge >= 0.3 is 6.09 Å². The smallest absolute Gasteiger partial charge is 0.408 e. The number of hydrogen-bond acceptors (Lipinski definition) is 4. The third-order valence-electron chi connectivity index (χ3n) is 7.86. The Hall–Kier alpha value is -3.35. The van der Waals surface area contributed by atoms with Crippen LogP contribution in [0.5, 0.6) is 0 Å². The molecule has 2 aromatic carbocycles. The first-order valence-electron chi connectivity index (χ1n) is 14.5. The van der Waals surface area contributed by atoms with Crippen molar-refractivity contribution in [3.8, 4) is 0 Å². The molecular formula is C33H47N3O4. The molecule has 7 heteroatoms. The van der Waals surface area contributed by atoms with Crippen molar-refractivity contribution < 1.29 is 19.1 Å². The quantitative estimate of drug-likeness (QED) is 0.355. The molecule has 0 saturated heterocycles. The minimum absolute atomic E-state index is 0.104. The van der Waals surface area contributed by atoms with Crippen LogP contribution in [0.2, 0.25) is 0 Å². The van der Waals surface area contributed by atoms with Crippen molar-refractivity contribution in [2.45, 2.75) is 112 Å². The minimum Gasteiger partial charge on any atom is -0.444 e. The molecule has 3 atom stereocenters. The molecule has 0 aromatic heterocycles. The summed E-state index contributed by atoms with van der Waals surface area (Å²) in [7, 11) is 0. The second-order valence-electron chi connectivity index (χ2n) is 12.4. The maximum Gasteiger partial charge on any atom is 0.408 e. The topological polar surface area (TPSA) is 87.7 Å². The number of nitrogens with zero attached hydrogens (tertiary/aromatic N) is 1. The number of amides is 3. The highest BCUT2D eigenvalue weighted by molar-refractivity contribution is 6.00. The lowest BCUT2D eigenvalue weighted by Gasteiger charge is -2.44. The van der Waals surface area contributed by atoms with Gasteiger partial charge in [0.15, 0.2) is 0 Å². The molecule has 1 fully saturated rings. The number of anilines is 1. The van der Waals surface area contributed by atoms with Gasteiger partial charge in [-0.2, -0.15) is 0 Å². The maximum absolute atomic E-state index is 14.6. The zero-order valence-electron chi connectivity index (χ0n) is 25.7. The van der Waals surface area contributed by atoms with Crippen LogP contribution in [-0.2, 0) is 14.3 Å². The number of carbonyl (C=O) groups is 3. The lowest BCUT2D eigenvalue weighted by molar-refractivity contribution is -0.147. The normalized spacial score (nSPS) is 15.8. The fourth-order valence-corrected chi connectivity index (χ4v) is 5.14. The molecule has 1 saturated carbocycles. The van der Waals surface area contributed by atoms with E-state index in [0.717, 1.165) is 52.8 Å². The highest BCUT2D eigenvalue weighted by atomic mass is 16.6. The monoisotopic (exact) mass is 549 g/mol. The van der Waals surface area contributed by atoms with Crippen LogP contribution < -0.4 is 10.6 Å². The summed E-state index contributed by atoms with van der Waals surface area (Å²) in [5, 5.41) is 6.03. The highest BCUT2D eigenvalue weighted by Crippen LogP contribution is 2.37. The molecule has 2 N–H and O–H groups in total. The first kappa shape index (κ1) is 31.2. The van der Waals surface area contributed by atoms with E-state index in [1.54, 1.807) is 25.7 Å². The third-order valence-corrected chi connectivity index (χ3v) is 7.86. The molecule has 218 valence electrons. The van der Waals surface area contributed by atoms with Gasteiger partial charge in [0, 0.05) is 11.7 Å². The van der Waals surface area contributed by atoms with Crippen LogP contribution in [0.3, 0.4) is 0 Å². The van der Waals surface area contributed by atoms with Crippen molar-refractivity contribution in [3.05, 3.63) is 64.2 Å². The number of rotatable bonds is 9. The zero-order valence-corrected chi connectivity index (χ0v) is 25.7. The number of carbonyl (C=O) groups excluding carboxylic acids is 3. The SMILES string of the molecule is CCC(C)C(NC(=O)OC(C)(C)C)C(=O)N(C1CCC1)C(C(=O)Nc1c(C)cccc1C)c1cc(C)ccc1C. The Labute approximate surface area is 240 Å². The first-order valence-corrected chi connectivity index (χ1v) is 14.5. The van der Waals surface area contributed by atoms with Gasteiger partial charge in [-0.25, -0.2) is 4.79 Å². The molecule has 0 radical (unpaired) electrons. The Bertz CT molecular complexity index is 1210. The molecule has 40 heavy (non-hydrogen) atoms. The molecule has 3 rings (SSSR count). The van der Waals surface area contributed by atoms with E-state index < -0.39 is 23.8 Å². The highest BCUT2D eigenvalue weighted by Gasteiger charge is 2.43. The van der Waals surface area contributed by atoms with E-state index in [1.165, 1.54) is 0 Å². The van der Waals surface area contributed by atoms with E-state index in [1.807, 2.05) is 77.9 Å². The van der Waals surface area contributed by atoms with Crippen molar-refractivity contribution >= 4 is 23.6 Å². The zero-order chi connectivity index (χ0) is 29.8. The second kappa shape index (κ2) is 12.9. The van der Waals surface area contributed by atoms with Gasteiger partial charge in [-0.05, 0) is 95.9 Å². The molecular weight excluding hydrogens is 502 g/mol. The van der Waals surface area contributed by atoms with Gasteiger partial charge in [0.1, 0.15) is 17.7 Å². The fraction of sp³-hybridized carbons (Fsp3) is 0.545. The average molecular weight is 550 g/mol. The Morgan fingerprint density at radius 2 is 1.62 bits per heavy atom. The number of ether oxygens (including phenoxy) is 1. The first-order chi connectivity index (χ1) is 18.7. The Balaban J connectivity index is 2.11. The summed E-state index contributed by atoms with van der Waals surface area (Å²) in [5.41, 5.74) is 4.71. The Morgan fingerprint density at radius 1 is 1.00 bits per heavy atom. The van der Waals surface area contributed by atoms with Gasteiger partial charge < -0.3 is 20.3 Å². The van der Waals surface area contributed by atoms with Crippen molar-refractivity contribution in [2.24, 2.45) is 5.92 Å². The van der Waals surface area contributed by atoms with Crippen LogP contribution in [0.25, 0.3) is 0 Å². The van der Waals surface area contributed by atoms with Crippen LogP contribution in [0, 0.1) is 33.6 Å². The van der Waals surface area contributed by atoms with E-state index in [4.69, 9.17) is 4.74 Å². The van der Waals surface area contributed by atoms with Gasteiger partial charge in [0.05, 0.1) is 0 Å². The van der Waals surface area contributed by atoms with Crippen molar-refractivity contribution in [1.29, 1.82) is 0 Å². The second-order valence-corrected chi connectivity index (χ2v) is 12.4.